The van der Waals surface area contributed by atoms with E-state index in [0.717, 1.165) is 53.3 Å². The predicted molar refractivity (Wildman–Crippen MR) is 117 cm³/mol. The molecule has 6 heteroatoms. The molecule has 2 aliphatic rings. The molecule has 1 aromatic heterocycles. The van der Waals surface area contributed by atoms with Crippen LogP contribution < -0.4 is 11.5 Å². The summed E-state index contributed by atoms with van der Waals surface area (Å²) in [6.45, 7) is 1.60. The number of anilines is 1. The molecule has 5 rings (SSSR count). The number of hydrogen-bond acceptors (Lipinski definition) is 6. The summed E-state index contributed by atoms with van der Waals surface area (Å²) in [7, 11) is 0. The van der Waals surface area contributed by atoms with Gasteiger partial charge in [-0.25, -0.2) is 4.99 Å². The van der Waals surface area contributed by atoms with Crippen molar-refractivity contribution in [1.82, 2.24) is 9.88 Å². The van der Waals surface area contributed by atoms with Crippen molar-refractivity contribution in [3.63, 3.8) is 0 Å². The number of pyridine rings is 1. The fourth-order valence-corrected chi connectivity index (χ4v) is 4.21. The standard InChI is InChI=1S/C23H22N6/c24-20-7-2-5-17(15-20)16-4-1-6-19(14-16)23(18-8-11-26-12-9-18)21-27-10-3-13-29(21)22(25)28-23/h1-2,4-9,11-12,14-15H,3,10,13,24H2,(H2,25,28). The lowest BCUT2D eigenvalue weighted by Crippen LogP contribution is -2.46. The summed E-state index contributed by atoms with van der Waals surface area (Å²) < 4.78 is 0. The van der Waals surface area contributed by atoms with E-state index in [2.05, 4.69) is 35.3 Å². The monoisotopic (exact) mass is 382 g/mol. The van der Waals surface area contributed by atoms with Crippen LogP contribution in [0.4, 0.5) is 5.69 Å². The van der Waals surface area contributed by atoms with Crippen LogP contribution in [0.5, 0.6) is 0 Å². The predicted octanol–water partition coefficient (Wildman–Crippen LogP) is 3.01. The second kappa shape index (κ2) is 6.74. The molecule has 2 aliphatic heterocycles. The van der Waals surface area contributed by atoms with Crippen LogP contribution in [0.1, 0.15) is 17.5 Å². The van der Waals surface area contributed by atoms with Gasteiger partial charge in [0.1, 0.15) is 5.84 Å². The average molecular weight is 382 g/mol. The van der Waals surface area contributed by atoms with E-state index >= 15 is 0 Å². The zero-order chi connectivity index (χ0) is 19.8. The highest BCUT2D eigenvalue weighted by Crippen LogP contribution is 2.42. The van der Waals surface area contributed by atoms with Crippen LogP contribution in [0.25, 0.3) is 11.1 Å². The lowest BCUT2D eigenvalue weighted by atomic mass is 9.81. The zero-order valence-corrected chi connectivity index (χ0v) is 16.0. The van der Waals surface area contributed by atoms with Gasteiger partial charge in [-0.1, -0.05) is 30.3 Å². The van der Waals surface area contributed by atoms with E-state index in [1.165, 1.54) is 0 Å². The highest BCUT2D eigenvalue weighted by molar-refractivity contribution is 6.12. The first-order chi connectivity index (χ1) is 14.2. The molecule has 0 bridgehead atoms. The fraction of sp³-hybridized carbons (Fsp3) is 0.174. The van der Waals surface area contributed by atoms with E-state index < -0.39 is 5.54 Å². The van der Waals surface area contributed by atoms with Crippen molar-refractivity contribution in [3.05, 3.63) is 84.2 Å². The molecule has 6 nitrogen and oxygen atoms in total. The van der Waals surface area contributed by atoms with E-state index in [1.54, 1.807) is 12.4 Å². The van der Waals surface area contributed by atoms with Gasteiger partial charge >= 0.3 is 0 Å². The van der Waals surface area contributed by atoms with Gasteiger partial charge in [-0.15, -0.1) is 0 Å². The van der Waals surface area contributed by atoms with Gasteiger partial charge in [-0.2, -0.15) is 0 Å². The van der Waals surface area contributed by atoms with Gasteiger partial charge in [0.2, 0.25) is 0 Å². The molecule has 0 saturated carbocycles. The third kappa shape index (κ3) is 2.76. The lowest BCUT2D eigenvalue weighted by molar-refractivity contribution is 0.531. The average Bonchev–Trinajstić information content (AvgIpc) is 3.08. The topological polar surface area (TPSA) is 92.9 Å². The van der Waals surface area contributed by atoms with Crippen LogP contribution in [0.2, 0.25) is 0 Å². The summed E-state index contributed by atoms with van der Waals surface area (Å²) in [6.07, 6.45) is 4.54. The minimum absolute atomic E-state index is 0.509. The summed E-state index contributed by atoms with van der Waals surface area (Å²) in [4.78, 5) is 16.1. The number of amidine groups is 1. The second-order valence-electron chi connectivity index (χ2n) is 7.33. The summed E-state index contributed by atoms with van der Waals surface area (Å²) in [5.74, 6) is 1.40. The first-order valence-electron chi connectivity index (χ1n) is 9.73. The maximum absolute atomic E-state index is 6.37. The zero-order valence-electron chi connectivity index (χ0n) is 16.0. The third-order valence-electron chi connectivity index (χ3n) is 5.54. The van der Waals surface area contributed by atoms with Crippen molar-refractivity contribution in [3.8, 4) is 11.1 Å². The Kier molecular flexibility index (Phi) is 4.05. The van der Waals surface area contributed by atoms with Gasteiger partial charge in [0, 0.05) is 31.2 Å². The first-order valence-corrected chi connectivity index (χ1v) is 9.73. The van der Waals surface area contributed by atoms with Gasteiger partial charge < -0.3 is 11.5 Å². The molecule has 3 heterocycles. The Morgan fingerprint density at radius 2 is 1.62 bits per heavy atom. The number of hydrogen-bond donors (Lipinski definition) is 2. The molecule has 0 aliphatic carbocycles. The number of aromatic nitrogens is 1. The molecular formula is C23H22N6. The van der Waals surface area contributed by atoms with Crippen molar-refractivity contribution in [2.24, 2.45) is 15.7 Å². The van der Waals surface area contributed by atoms with Gasteiger partial charge in [-0.05, 0) is 59.0 Å². The van der Waals surface area contributed by atoms with Crippen molar-refractivity contribution >= 4 is 17.5 Å². The number of nitrogens with two attached hydrogens (primary N) is 2. The first kappa shape index (κ1) is 17.4. The second-order valence-corrected chi connectivity index (χ2v) is 7.33. The quantitative estimate of drug-likeness (QED) is 0.681. The molecule has 144 valence electrons. The van der Waals surface area contributed by atoms with Crippen molar-refractivity contribution in [2.45, 2.75) is 12.0 Å². The molecule has 29 heavy (non-hydrogen) atoms. The number of benzene rings is 2. The number of fused-ring (bicyclic) bond motifs is 1. The van der Waals surface area contributed by atoms with Gasteiger partial charge in [0.25, 0.3) is 0 Å². The Balaban J connectivity index is 1.74. The minimum atomic E-state index is -0.774. The third-order valence-corrected chi connectivity index (χ3v) is 5.54. The van der Waals surface area contributed by atoms with Gasteiger partial charge in [-0.3, -0.25) is 14.9 Å². The van der Waals surface area contributed by atoms with Crippen LogP contribution >= 0.6 is 0 Å². The van der Waals surface area contributed by atoms with Crippen LogP contribution in [0, 0.1) is 0 Å². The number of nitrogens with zero attached hydrogens (tertiary/aromatic N) is 4. The van der Waals surface area contributed by atoms with E-state index in [1.807, 2.05) is 35.2 Å². The molecule has 0 fully saturated rings. The maximum atomic E-state index is 6.37. The molecule has 0 radical (unpaired) electrons. The number of aliphatic imine (C=N–C) groups is 2. The van der Waals surface area contributed by atoms with Gasteiger partial charge in [0.15, 0.2) is 11.5 Å². The van der Waals surface area contributed by atoms with Crippen LogP contribution in [0.3, 0.4) is 0 Å². The Hall–Kier alpha value is -3.67. The molecule has 1 unspecified atom stereocenters. The van der Waals surface area contributed by atoms with Crippen molar-refractivity contribution in [1.29, 1.82) is 0 Å². The molecule has 2 aromatic carbocycles. The number of guanidine groups is 1. The van der Waals surface area contributed by atoms with E-state index in [4.69, 9.17) is 21.5 Å². The Bertz CT molecular complexity index is 1120. The maximum Gasteiger partial charge on any atom is 0.198 e. The Morgan fingerprint density at radius 3 is 2.41 bits per heavy atom. The minimum Gasteiger partial charge on any atom is -0.399 e. The van der Waals surface area contributed by atoms with E-state index in [9.17, 15) is 0 Å². The van der Waals surface area contributed by atoms with Crippen LogP contribution in [-0.2, 0) is 5.54 Å². The van der Waals surface area contributed by atoms with Crippen LogP contribution in [0.15, 0.2) is 83.0 Å². The lowest BCUT2D eigenvalue weighted by Gasteiger charge is -2.33. The Morgan fingerprint density at radius 1 is 0.862 bits per heavy atom. The highest BCUT2D eigenvalue weighted by Gasteiger charge is 2.49. The molecule has 3 aromatic rings. The van der Waals surface area contributed by atoms with Crippen molar-refractivity contribution in [2.75, 3.05) is 18.8 Å². The van der Waals surface area contributed by atoms with E-state index in [-0.39, 0.29) is 0 Å². The highest BCUT2D eigenvalue weighted by atomic mass is 15.4. The van der Waals surface area contributed by atoms with Crippen molar-refractivity contribution < 1.29 is 0 Å². The van der Waals surface area contributed by atoms with Crippen LogP contribution in [-0.4, -0.2) is 34.8 Å². The largest absolute Gasteiger partial charge is 0.399 e. The van der Waals surface area contributed by atoms with Gasteiger partial charge in [0.05, 0.1) is 0 Å². The number of rotatable bonds is 3. The molecule has 0 saturated heterocycles. The molecule has 4 N–H and O–H groups in total. The number of nitrogen functional groups attached to an aromatic ring is 1. The molecule has 1 atom stereocenters. The molecule has 0 spiro atoms. The smallest absolute Gasteiger partial charge is 0.198 e. The van der Waals surface area contributed by atoms with E-state index in [0.29, 0.717) is 5.96 Å². The summed E-state index contributed by atoms with van der Waals surface area (Å²) >= 11 is 0. The normalized spacial score (nSPS) is 20.8. The summed E-state index contributed by atoms with van der Waals surface area (Å²) in [5.41, 5.74) is 16.5. The molecular weight excluding hydrogens is 360 g/mol. The molecule has 0 amide bonds. The SMILES string of the molecule is NC1=NC(c2ccncc2)(c2cccc(-c3cccc(N)c3)c2)C2=NCCCN12. The fourth-order valence-electron chi connectivity index (χ4n) is 4.21. The summed E-state index contributed by atoms with van der Waals surface area (Å²) in [6, 6.07) is 20.3. The summed E-state index contributed by atoms with van der Waals surface area (Å²) in [5, 5.41) is 0. The Labute approximate surface area is 169 Å².